The molecule has 0 saturated carbocycles. The van der Waals surface area contributed by atoms with Crippen LogP contribution in [-0.2, 0) is 4.74 Å². The van der Waals surface area contributed by atoms with Crippen molar-refractivity contribution >= 4 is 0 Å². The lowest BCUT2D eigenvalue weighted by Crippen LogP contribution is -2.10. The van der Waals surface area contributed by atoms with Gasteiger partial charge < -0.3 is 9.84 Å². The van der Waals surface area contributed by atoms with Gasteiger partial charge in [-0.3, -0.25) is 0 Å². The van der Waals surface area contributed by atoms with Crippen molar-refractivity contribution in [1.82, 2.24) is 0 Å². The van der Waals surface area contributed by atoms with Crippen LogP contribution < -0.4 is 0 Å². The SMILES string of the molecule is [CH2]C(O)COCCC. The van der Waals surface area contributed by atoms with Crippen LogP contribution in [0.25, 0.3) is 0 Å². The highest BCUT2D eigenvalue weighted by Crippen LogP contribution is 1.83. The highest BCUT2D eigenvalue weighted by molar-refractivity contribution is 4.52. The van der Waals surface area contributed by atoms with E-state index in [1.807, 2.05) is 6.92 Å². The fourth-order valence-corrected chi connectivity index (χ4v) is 0.364. The van der Waals surface area contributed by atoms with Gasteiger partial charge in [0.05, 0.1) is 12.7 Å². The first-order chi connectivity index (χ1) is 3.77. The number of hydrogen-bond acceptors (Lipinski definition) is 2. The van der Waals surface area contributed by atoms with E-state index < -0.39 is 6.10 Å². The topological polar surface area (TPSA) is 29.5 Å². The summed E-state index contributed by atoms with van der Waals surface area (Å²) in [6.07, 6.45) is 0.425. The van der Waals surface area contributed by atoms with E-state index in [-0.39, 0.29) is 0 Å². The van der Waals surface area contributed by atoms with Gasteiger partial charge in [0, 0.05) is 6.61 Å². The first kappa shape index (κ1) is 7.92. The Morgan fingerprint density at radius 1 is 1.75 bits per heavy atom. The lowest BCUT2D eigenvalue weighted by atomic mass is 10.4. The van der Waals surface area contributed by atoms with Crippen molar-refractivity contribution in [1.29, 1.82) is 0 Å². The van der Waals surface area contributed by atoms with Crippen LogP contribution in [0.3, 0.4) is 0 Å². The number of ether oxygens (including phenoxy) is 1. The molecule has 0 aromatic rings. The minimum absolute atomic E-state index is 0.355. The summed E-state index contributed by atoms with van der Waals surface area (Å²) >= 11 is 0. The summed E-state index contributed by atoms with van der Waals surface area (Å²) in [5, 5.41) is 8.54. The molecule has 0 aliphatic carbocycles. The fraction of sp³-hybridized carbons (Fsp3) is 0.833. The Morgan fingerprint density at radius 3 is 2.75 bits per heavy atom. The Kier molecular flexibility index (Phi) is 5.01. The molecule has 2 nitrogen and oxygen atoms in total. The molecule has 1 unspecified atom stereocenters. The smallest absolute Gasteiger partial charge is 0.0774 e. The van der Waals surface area contributed by atoms with Gasteiger partial charge in [-0.25, -0.2) is 0 Å². The Labute approximate surface area is 50.5 Å². The number of hydrogen-bond donors (Lipinski definition) is 1. The van der Waals surface area contributed by atoms with Gasteiger partial charge in [0.2, 0.25) is 0 Å². The summed E-state index contributed by atoms with van der Waals surface area (Å²) in [5.74, 6) is 0. The number of aliphatic hydroxyl groups is 1. The predicted octanol–water partition coefficient (Wildman–Crippen LogP) is 0.608. The largest absolute Gasteiger partial charge is 0.391 e. The Bertz CT molecular complexity index is 43.8. The molecule has 49 valence electrons. The minimum Gasteiger partial charge on any atom is -0.391 e. The summed E-state index contributed by atoms with van der Waals surface area (Å²) in [6, 6.07) is 0. The molecule has 0 aromatic carbocycles. The molecule has 0 aromatic heterocycles. The van der Waals surface area contributed by atoms with Crippen molar-refractivity contribution in [3.63, 3.8) is 0 Å². The zero-order chi connectivity index (χ0) is 6.41. The third-order valence-corrected chi connectivity index (χ3v) is 0.659. The summed E-state index contributed by atoms with van der Waals surface area (Å²) < 4.78 is 4.93. The van der Waals surface area contributed by atoms with E-state index in [9.17, 15) is 0 Å². The van der Waals surface area contributed by atoms with Gasteiger partial charge in [0.15, 0.2) is 0 Å². The third kappa shape index (κ3) is 5.92. The molecule has 0 aliphatic rings. The van der Waals surface area contributed by atoms with E-state index in [1.165, 1.54) is 0 Å². The molecule has 0 saturated heterocycles. The van der Waals surface area contributed by atoms with E-state index >= 15 is 0 Å². The molecule has 0 bridgehead atoms. The highest BCUT2D eigenvalue weighted by Gasteiger charge is 1.91. The normalized spacial score (nSPS) is 13.9. The van der Waals surface area contributed by atoms with Crippen molar-refractivity contribution in [2.75, 3.05) is 13.2 Å². The van der Waals surface area contributed by atoms with Crippen LogP contribution in [0.15, 0.2) is 0 Å². The van der Waals surface area contributed by atoms with Crippen LogP contribution in [0, 0.1) is 6.92 Å². The molecule has 0 heterocycles. The highest BCUT2D eigenvalue weighted by atomic mass is 16.5. The van der Waals surface area contributed by atoms with Crippen LogP contribution in [0.5, 0.6) is 0 Å². The van der Waals surface area contributed by atoms with Gasteiger partial charge in [-0.2, -0.15) is 0 Å². The maximum Gasteiger partial charge on any atom is 0.0774 e. The van der Waals surface area contributed by atoms with E-state index in [2.05, 4.69) is 6.92 Å². The summed E-state index contributed by atoms with van der Waals surface area (Å²) in [4.78, 5) is 0. The lowest BCUT2D eigenvalue weighted by Gasteiger charge is -2.02. The maximum atomic E-state index is 8.54. The molecule has 1 atom stereocenters. The van der Waals surface area contributed by atoms with E-state index in [0.29, 0.717) is 13.2 Å². The van der Waals surface area contributed by atoms with Crippen molar-refractivity contribution in [2.24, 2.45) is 0 Å². The molecule has 2 heteroatoms. The average Bonchev–Trinajstić information content (AvgIpc) is 1.66. The van der Waals surface area contributed by atoms with Gasteiger partial charge in [0.1, 0.15) is 0 Å². The summed E-state index contributed by atoms with van der Waals surface area (Å²) in [5.41, 5.74) is 0. The molecule has 0 spiro atoms. The second-order valence-corrected chi connectivity index (χ2v) is 1.73. The first-order valence-electron chi connectivity index (χ1n) is 2.86. The fourth-order valence-electron chi connectivity index (χ4n) is 0.364. The van der Waals surface area contributed by atoms with Gasteiger partial charge >= 0.3 is 0 Å². The second kappa shape index (κ2) is 5.06. The maximum absolute atomic E-state index is 8.54. The van der Waals surface area contributed by atoms with Gasteiger partial charge in [-0.1, -0.05) is 6.92 Å². The van der Waals surface area contributed by atoms with Crippen LogP contribution in [0.1, 0.15) is 13.3 Å². The minimum atomic E-state index is -0.568. The molecular weight excluding hydrogens is 104 g/mol. The molecule has 1 N–H and O–H groups in total. The van der Waals surface area contributed by atoms with Gasteiger partial charge in [-0.05, 0) is 13.3 Å². The lowest BCUT2D eigenvalue weighted by molar-refractivity contribution is 0.0588. The van der Waals surface area contributed by atoms with Crippen molar-refractivity contribution in [3.8, 4) is 0 Å². The molecule has 0 rings (SSSR count). The molecule has 0 fully saturated rings. The standard InChI is InChI=1S/C6H13O2/c1-3-4-8-5-6(2)7/h6-7H,2-5H2,1H3. The van der Waals surface area contributed by atoms with E-state index in [1.54, 1.807) is 0 Å². The summed E-state index contributed by atoms with van der Waals surface area (Å²) in [6.45, 7) is 6.43. The van der Waals surface area contributed by atoms with Crippen LogP contribution in [0.4, 0.5) is 0 Å². The molecule has 1 radical (unpaired) electrons. The first-order valence-corrected chi connectivity index (χ1v) is 2.86. The molecule has 0 amide bonds. The monoisotopic (exact) mass is 117 g/mol. The van der Waals surface area contributed by atoms with Gasteiger partial charge in [0.25, 0.3) is 0 Å². The van der Waals surface area contributed by atoms with Gasteiger partial charge in [-0.15, -0.1) is 0 Å². The number of aliphatic hydroxyl groups excluding tert-OH is 1. The van der Waals surface area contributed by atoms with Crippen LogP contribution >= 0.6 is 0 Å². The Hall–Kier alpha value is -0.0800. The Morgan fingerprint density at radius 2 is 2.38 bits per heavy atom. The van der Waals surface area contributed by atoms with E-state index in [0.717, 1.165) is 6.42 Å². The predicted molar refractivity (Wildman–Crippen MR) is 32.5 cm³/mol. The third-order valence-electron chi connectivity index (χ3n) is 0.659. The van der Waals surface area contributed by atoms with Crippen LogP contribution in [0.2, 0.25) is 0 Å². The quantitative estimate of drug-likeness (QED) is 0.546. The molecule has 8 heavy (non-hydrogen) atoms. The molecule has 0 aliphatic heterocycles. The van der Waals surface area contributed by atoms with Crippen LogP contribution in [-0.4, -0.2) is 24.4 Å². The van der Waals surface area contributed by atoms with Crippen molar-refractivity contribution < 1.29 is 9.84 Å². The number of rotatable bonds is 4. The zero-order valence-corrected chi connectivity index (χ0v) is 5.26. The molecular formula is C6H13O2. The zero-order valence-electron chi connectivity index (χ0n) is 5.26. The van der Waals surface area contributed by atoms with Crippen molar-refractivity contribution in [2.45, 2.75) is 19.4 Å². The Balaban J connectivity index is 2.72. The van der Waals surface area contributed by atoms with Crippen molar-refractivity contribution in [3.05, 3.63) is 6.92 Å². The van der Waals surface area contributed by atoms with E-state index in [4.69, 9.17) is 9.84 Å². The summed E-state index contributed by atoms with van der Waals surface area (Å²) in [7, 11) is 0. The average molecular weight is 117 g/mol. The second-order valence-electron chi connectivity index (χ2n) is 1.73.